The second-order valence-electron chi connectivity index (χ2n) is 7.15. The van der Waals surface area contributed by atoms with Gasteiger partial charge in [0.15, 0.2) is 0 Å². The molecule has 0 aliphatic carbocycles. The lowest BCUT2D eigenvalue weighted by atomic mass is 9.95. The van der Waals surface area contributed by atoms with E-state index in [-0.39, 0.29) is 11.3 Å². The molecule has 0 bridgehead atoms. The van der Waals surface area contributed by atoms with E-state index in [1.807, 2.05) is 0 Å². The van der Waals surface area contributed by atoms with E-state index in [4.69, 9.17) is 9.47 Å². The standard InChI is InChI=1S/C25H20FNO5/c1-31-19-11-5-16(6-12-19)23(28)21-22(15-3-7-17(26)8-4-15)27(25(30)24(21)29)18-9-13-20(32-2)14-10-18/h3-14,22,28H,1-2H3/b23-21+/t22-/m0/s1. The molecule has 4 rings (SSSR count). The van der Waals surface area contributed by atoms with E-state index in [2.05, 4.69) is 0 Å². The van der Waals surface area contributed by atoms with Gasteiger partial charge in [0.1, 0.15) is 23.1 Å². The Morgan fingerprint density at radius 1 is 0.844 bits per heavy atom. The molecule has 1 aliphatic heterocycles. The van der Waals surface area contributed by atoms with Crippen LogP contribution in [0.1, 0.15) is 17.2 Å². The Hall–Kier alpha value is -4.13. The number of methoxy groups -OCH3 is 2. The Morgan fingerprint density at radius 3 is 1.91 bits per heavy atom. The first-order valence-electron chi connectivity index (χ1n) is 9.79. The van der Waals surface area contributed by atoms with Crippen molar-refractivity contribution in [2.24, 2.45) is 0 Å². The highest BCUT2D eigenvalue weighted by molar-refractivity contribution is 6.51. The van der Waals surface area contributed by atoms with Crippen LogP contribution in [-0.2, 0) is 9.59 Å². The first-order chi connectivity index (χ1) is 15.4. The van der Waals surface area contributed by atoms with E-state index >= 15 is 0 Å². The number of rotatable bonds is 5. The highest BCUT2D eigenvalue weighted by Gasteiger charge is 2.46. The number of ether oxygens (including phenoxy) is 2. The quantitative estimate of drug-likeness (QED) is 0.365. The maximum absolute atomic E-state index is 13.6. The summed E-state index contributed by atoms with van der Waals surface area (Å²) in [6, 6.07) is 17.6. The number of carbonyl (C=O) groups excluding carboxylic acids is 2. The summed E-state index contributed by atoms with van der Waals surface area (Å²) in [5.74, 6) is -1.23. The van der Waals surface area contributed by atoms with Gasteiger partial charge in [-0.3, -0.25) is 14.5 Å². The zero-order valence-corrected chi connectivity index (χ0v) is 17.4. The number of benzene rings is 3. The molecular weight excluding hydrogens is 413 g/mol. The predicted octanol–water partition coefficient (Wildman–Crippen LogP) is 4.47. The summed E-state index contributed by atoms with van der Waals surface area (Å²) in [5, 5.41) is 11.1. The fourth-order valence-electron chi connectivity index (χ4n) is 3.71. The van der Waals surface area contributed by atoms with Crippen molar-refractivity contribution in [3.05, 3.63) is 95.3 Å². The molecule has 0 unspecified atom stereocenters. The summed E-state index contributed by atoms with van der Waals surface area (Å²) in [4.78, 5) is 27.4. The van der Waals surface area contributed by atoms with Crippen molar-refractivity contribution in [1.29, 1.82) is 0 Å². The predicted molar refractivity (Wildman–Crippen MR) is 117 cm³/mol. The lowest BCUT2D eigenvalue weighted by Gasteiger charge is -2.25. The molecule has 6 nitrogen and oxygen atoms in total. The summed E-state index contributed by atoms with van der Waals surface area (Å²) in [7, 11) is 3.04. The molecule has 162 valence electrons. The van der Waals surface area contributed by atoms with Crippen LogP contribution in [0.5, 0.6) is 11.5 Å². The number of halogens is 1. The van der Waals surface area contributed by atoms with Gasteiger partial charge in [0.2, 0.25) is 0 Å². The van der Waals surface area contributed by atoms with Gasteiger partial charge in [0.25, 0.3) is 11.7 Å². The van der Waals surface area contributed by atoms with Gasteiger partial charge in [0, 0.05) is 11.3 Å². The molecule has 0 aromatic heterocycles. The number of nitrogens with zero attached hydrogens (tertiary/aromatic N) is 1. The third kappa shape index (κ3) is 3.69. The second kappa shape index (κ2) is 8.55. The SMILES string of the molecule is COc1ccc(/C(O)=C2\C(=O)C(=O)N(c3ccc(OC)cc3)[C@H]2c2ccc(F)cc2)cc1. The van der Waals surface area contributed by atoms with Crippen molar-refractivity contribution >= 4 is 23.1 Å². The molecule has 0 radical (unpaired) electrons. The van der Waals surface area contributed by atoms with Crippen LogP contribution in [0.3, 0.4) is 0 Å². The lowest BCUT2D eigenvalue weighted by molar-refractivity contribution is -0.132. The summed E-state index contributed by atoms with van der Waals surface area (Å²) in [6.45, 7) is 0. The summed E-state index contributed by atoms with van der Waals surface area (Å²) >= 11 is 0. The molecule has 7 heteroatoms. The van der Waals surface area contributed by atoms with Gasteiger partial charge in [-0.25, -0.2) is 4.39 Å². The number of hydrogen-bond acceptors (Lipinski definition) is 5. The van der Waals surface area contributed by atoms with Gasteiger partial charge < -0.3 is 14.6 Å². The number of ketones is 1. The highest BCUT2D eigenvalue weighted by atomic mass is 19.1. The topological polar surface area (TPSA) is 76.1 Å². The lowest BCUT2D eigenvalue weighted by Crippen LogP contribution is -2.29. The van der Waals surface area contributed by atoms with Crippen LogP contribution in [0.15, 0.2) is 78.4 Å². The zero-order valence-electron chi connectivity index (χ0n) is 17.4. The Kier molecular flexibility index (Phi) is 5.64. The smallest absolute Gasteiger partial charge is 0.300 e. The van der Waals surface area contributed by atoms with E-state index < -0.39 is 23.5 Å². The molecule has 1 atom stereocenters. The Balaban J connectivity index is 1.89. The van der Waals surface area contributed by atoms with Gasteiger partial charge in [-0.15, -0.1) is 0 Å². The van der Waals surface area contributed by atoms with Gasteiger partial charge in [-0.05, 0) is 66.2 Å². The van der Waals surface area contributed by atoms with E-state index in [0.29, 0.717) is 28.3 Å². The first kappa shape index (κ1) is 21.1. The minimum atomic E-state index is -0.939. The van der Waals surface area contributed by atoms with Crippen molar-refractivity contribution in [1.82, 2.24) is 0 Å². The normalized spacial score (nSPS) is 17.5. The van der Waals surface area contributed by atoms with Gasteiger partial charge >= 0.3 is 0 Å². The molecule has 0 saturated carbocycles. The van der Waals surface area contributed by atoms with Gasteiger partial charge in [-0.2, -0.15) is 0 Å². The molecule has 0 spiro atoms. The monoisotopic (exact) mass is 433 g/mol. The minimum Gasteiger partial charge on any atom is -0.507 e. The van der Waals surface area contributed by atoms with Crippen molar-refractivity contribution < 1.29 is 28.6 Å². The molecule has 1 aliphatic rings. The number of aliphatic hydroxyl groups excluding tert-OH is 1. The number of aliphatic hydroxyl groups is 1. The molecule has 1 amide bonds. The maximum Gasteiger partial charge on any atom is 0.300 e. The van der Waals surface area contributed by atoms with Crippen molar-refractivity contribution in [2.75, 3.05) is 19.1 Å². The zero-order chi connectivity index (χ0) is 22.8. The van der Waals surface area contributed by atoms with Crippen molar-refractivity contribution in [3.63, 3.8) is 0 Å². The van der Waals surface area contributed by atoms with Crippen LogP contribution in [0.25, 0.3) is 5.76 Å². The summed E-state index contributed by atoms with van der Waals surface area (Å²) in [5.41, 5.74) is 1.20. The second-order valence-corrected chi connectivity index (χ2v) is 7.15. The first-order valence-corrected chi connectivity index (χ1v) is 9.79. The highest BCUT2D eigenvalue weighted by Crippen LogP contribution is 2.42. The van der Waals surface area contributed by atoms with Crippen LogP contribution in [0.2, 0.25) is 0 Å². The van der Waals surface area contributed by atoms with E-state index in [1.54, 1.807) is 48.5 Å². The third-order valence-electron chi connectivity index (χ3n) is 5.34. The number of Topliss-reactive ketones (excluding diaryl/α,β-unsaturated/α-hetero) is 1. The Bertz CT molecular complexity index is 1180. The third-order valence-corrected chi connectivity index (χ3v) is 5.34. The molecule has 3 aromatic carbocycles. The van der Waals surface area contributed by atoms with Crippen LogP contribution in [0.4, 0.5) is 10.1 Å². The molecular formula is C25H20FNO5. The van der Waals surface area contributed by atoms with Gasteiger partial charge in [0.05, 0.1) is 25.8 Å². The molecule has 1 saturated heterocycles. The van der Waals surface area contributed by atoms with Crippen molar-refractivity contribution in [3.8, 4) is 11.5 Å². The maximum atomic E-state index is 13.6. The number of hydrogen-bond donors (Lipinski definition) is 1. The Labute approximate surface area is 184 Å². The molecule has 32 heavy (non-hydrogen) atoms. The molecule has 1 N–H and O–H groups in total. The van der Waals surface area contributed by atoms with E-state index in [9.17, 15) is 19.1 Å². The largest absolute Gasteiger partial charge is 0.507 e. The number of carbonyl (C=O) groups is 2. The van der Waals surface area contributed by atoms with Crippen LogP contribution >= 0.6 is 0 Å². The van der Waals surface area contributed by atoms with Crippen LogP contribution in [0, 0.1) is 5.82 Å². The van der Waals surface area contributed by atoms with Crippen LogP contribution in [-0.4, -0.2) is 31.0 Å². The minimum absolute atomic E-state index is 0.0809. The van der Waals surface area contributed by atoms with Gasteiger partial charge in [-0.1, -0.05) is 12.1 Å². The number of anilines is 1. The summed E-state index contributed by atoms with van der Waals surface area (Å²) in [6.07, 6.45) is 0. The van der Waals surface area contributed by atoms with Crippen molar-refractivity contribution in [2.45, 2.75) is 6.04 Å². The fraction of sp³-hybridized carbons (Fsp3) is 0.120. The van der Waals surface area contributed by atoms with Crippen LogP contribution < -0.4 is 14.4 Å². The molecule has 3 aromatic rings. The average molecular weight is 433 g/mol. The fourth-order valence-corrected chi connectivity index (χ4v) is 3.71. The number of amides is 1. The average Bonchev–Trinajstić information content (AvgIpc) is 3.09. The molecule has 1 heterocycles. The Morgan fingerprint density at radius 2 is 1.38 bits per heavy atom. The summed E-state index contributed by atoms with van der Waals surface area (Å²) < 4.78 is 23.9. The molecule has 1 fully saturated rings. The van der Waals surface area contributed by atoms with E-state index in [0.717, 1.165) is 0 Å². The van der Waals surface area contributed by atoms with E-state index in [1.165, 1.54) is 43.4 Å².